The molecule has 0 bridgehead atoms. The molecule has 1 fully saturated rings. The molecule has 1 aromatic heterocycles. The van der Waals surface area contributed by atoms with Gasteiger partial charge in [0.1, 0.15) is 0 Å². The molecule has 1 saturated heterocycles. The molecule has 138 valence electrons. The molecule has 26 heavy (non-hydrogen) atoms. The predicted molar refractivity (Wildman–Crippen MR) is 107 cm³/mol. The van der Waals surface area contributed by atoms with Crippen molar-refractivity contribution in [3.05, 3.63) is 46.2 Å². The van der Waals surface area contributed by atoms with E-state index >= 15 is 0 Å². The van der Waals surface area contributed by atoms with E-state index < -0.39 is 0 Å². The number of rotatable bonds is 5. The minimum Gasteiger partial charge on any atom is -0.339 e. The molecule has 2 aromatic rings. The second-order valence-electron chi connectivity index (χ2n) is 6.48. The third kappa shape index (κ3) is 3.96. The molecule has 2 heterocycles. The van der Waals surface area contributed by atoms with E-state index in [2.05, 4.69) is 18.5 Å². The first-order valence-corrected chi connectivity index (χ1v) is 10.1. The molecule has 3 rings (SSSR count). The number of carbonyl (C=O) groups excluding carboxylic acids is 1. The maximum Gasteiger partial charge on any atom is 0.262 e. The number of hydrogen-bond acceptors (Lipinski definition) is 4. The minimum atomic E-state index is -0.168. The van der Waals surface area contributed by atoms with Gasteiger partial charge in [-0.1, -0.05) is 29.4 Å². The van der Waals surface area contributed by atoms with Gasteiger partial charge >= 0.3 is 0 Å². The molecule has 1 amide bonds. The summed E-state index contributed by atoms with van der Waals surface area (Å²) in [6.07, 6.45) is 4.92. The summed E-state index contributed by atoms with van der Waals surface area (Å²) in [6.45, 7) is 6.95. The van der Waals surface area contributed by atoms with Crippen molar-refractivity contribution in [2.45, 2.75) is 43.9 Å². The molecule has 0 saturated carbocycles. The van der Waals surface area contributed by atoms with Crippen molar-refractivity contribution in [3.63, 3.8) is 0 Å². The highest BCUT2D eigenvalue weighted by Crippen LogP contribution is 2.23. The third-order valence-corrected chi connectivity index (χ3v) is 5.84. The molecule has 7 heteroatoms. The summed E-state index contributed by atoms with van der Waals surface area (Å²) in [5.74, 6) is 0.366. The monoisotopic (exact) mass is 391 g/mol. The number of aromatic nitrogens is 2. The molecule has 0 radical (unpaired) electrons. The number of amides is 1. The fraction of sp³-hybridized carbons (Fsp3) is 0.421. The number of thioether (sulfide) groups is 1. The average Bonchev–Trinajstić information content (AvgIpc) is 2.63. The lowest BCUT2D eigenvalue weighted by molar-refractivity contribution is -0.131. The first-order valence-electron chi connectivity index (χ1n) is 8.74. The van der Waals surface area contributed by atoms with Gasteiger partial charge in [-0.3, -0.25) is 14.2 Å². The number of nitrogens with zero attached hydrogens (tertiary/aromatic N) is 3. The first-order chi connectivity index (χ1) is 12.5. The highest BCUT2D eigenvalue weighted by atomic mass is 35.5. The molecule has 5 nitrogen and oxygen atoms in total. The number of fused-ring (bicyclic) bond motifs is 1. The Balaban J connectivity index is 1.87. The van der Waals surface area contributed by atoms with Crippen molar-refractivity contribution in [2.24, 2.45) is 0 Å². The molecule has 1 aliphatic rings. The Hall–Kier alpha value is -1.79. The van der Waals surface area contributed by atoms with Crippen molar-refractivity contribution in [1.82, 2.24) is 14.5 Å². The van der Waals surface area contributed by atoms with Crippen LogP contribution < -0.4 is 5.56 Å². The van der Waals surface area contributed by atoms with Crippen LogP contribution in [-0.4, -0.2) is 38.7 Å². The number of benzene rings is 1. The molecule has 1 aromatic carbocycles. The largest absolute Gasteiger partial charge is 0.339 e. The van der Waals surface area contributed by atoms with Crippen LogP contribution in [0.15, 0.2) is 40.8 Å². The van der Waals surface area contributed by atoms with E-state index in [1.54, 1.807) is 28.8 Å². The Morgan fingerprint density at radius 2 is 2.27 bits per heavy atom. The standard InChI is InChI=1S/C19H22ClN3O2S/c1-3-9-23-18(25)15-11-14(20)7-8-16(15)21-19(23)26-12-17(24)22-10-5-4-6-13(22)2/h3,7-8,11,13H,1,4-6,9-10,12H2,2H3. The summed E-state index contributed by atoms with van der Waals surface area (Å²) >= 11 is 7.31. The Bertz CT molecular complexity index is 896. The lowest BCUT2D eigenvalue weighted by Crippen LogP contribution is -2.43. The zero-order valence-electron chi connectivity index (χ0n) is 14.8. The Kier molecular flexibility index (Phi) is 6.04. The zero-order valence-corrected chi connectivity index (χ0v) is 16.4. The number of likely N-dealkylation sites (tertiary alicyclic amines) is 1. The van der Waals surface area contributed by atoms with Crippen LogP contribution >= 0.6 is 23.4 Å². The number of hydrogen-bond donors (Lipinski definition) is 0. The first kappa shape index (κ1) is 19.0. The molecule has 0 spiro atoms. The van der Waals surface area contributed by atoms with Crippen molar-refractivity contribution < 1.29 is 4.79 Å². The summed E-state index contributed by atoms with van der Waals surface area (Å²) in [6, 6.07) is 5.35. The van der Waals surface area contributed by atoms with E-state index in [0.717, 1.165) is 19.4 Å². The van der Waals surface area contributed by atoms with Crippen LogP contribution in [-0.2, 0) is 11.3 Å². The van der Waals surface area contributed by atoms with Gasteiger partial charge in [0.05, 0.1) is 16.7 Å². The zero-order chi connectivity index (χ0) is 18.7. The van der Waals surface area contributed by atoms with Crippen molar-refractivity contribution in [1.29, 1.82) is 0 Å². The summed E-state index contributed by atoms with van der Waals surface area (Å²) < 4.78 is 1.54. The predicted octanol–water partition coefficient (Wildman–Crippen LogP) is 3.73. The molecular weight excluding hydrogens is 370 g/mol. The van der Waals surface area contributed by atoms with Gasteiger partial charge in [-0.25, -0.2) is 4.98 Å². The molecule has 1 aliphatic heterocycles. The van der Waals surface area contributed by atoms with Gasteiger partial charge in [-0.15, -0.1) is 6.58 Å². The lowest BCUT2D eigenvalue weighted by atomic mass is 10.0. The smallest absolute Gasteiger partial charge is 0.262 e. The second kappa shape index (κ2) is 8.27. The SMILES string of the molecule is C=CCn1c(SCC(=O)N2CCCCC2C)nc2ccc(Cl)cc2c1=O. The van der Waals surface area contributed by atoms with E-state index in [1.807, 2.05) is 4.90 Å². The number of carbonyl (C=O) groups is 1. The molecule has 0 aliphatic carbocycles. The summed E-state index contributed by atoms with van der Waals surface area (Å²) in [7, 11) is 0. The van der Waals surface area contributed by atoms with Gasteiger partial charge in [0.25, 0.3) is 5.56 Å². The van der Waals surface area contributed by atoms with Gasteiger partial charge in [0, 0.05) is 24.2 Å². The molecule has 1 atom stereocenters. The summed E-state index contributed by atoms with van der Waals surface area (Å²) in [4.78, 5) is 31.9. The van der Waals surface area contributed by atoms with Gasteiger partial charge in [-0.05, 0) is 44.4 Å². The highest BCUT2D eigenvalue weighted by Gasteiger charge is 2.23. The van der Waals surface area contributed by atoms with Gasteiger partial charge in [0.2, 0.25) is 5.91 Å². The quantitative estimate of drug-likeness (QED) is 0.442. The van der Waals surface area contributed by atoms with Crippen LogP contribution in [0.3, 0.4) is 0 Å². The van der Waals surface area contributed by atoms with Crippen molar-refractivity contribution >= 4 is 40.2 Å². The third-order valence-electron chi connectivity index (χ3n) is 4.64. The maximum atomic E-state index is 12.8. The summed E-state index contributed by atoms with van der Waals surface area (Å²) in [5, 5.41) is 1.50. The topological polar surface area (TPSA) is 55.2 Å². The fourth-order valence-corrected chi connectivity index (χ4v) is 4.32. The Morgan fingerprint density at radius 1 is 1.46 bits per heavy atom. The minimum absolute atomic E-state index is 0.0952. The molecular formula is C19H22ClN3O2S. The van der Waals surface area contributed by atoms with E-state index in [1.165, 1.54) is 18.2 Å². The average molecular weight is 392 g/mol. The van der Waals surface area contributed by atoms with Gasteiger partial charge in [-0.2, -0.15) is 0 Å². The van der Waals surface area contributed by atoms with E-state index in [9.17, 15) is 9.59 Å². The summed E-state index contributed by atoms with van der Waals surface area (Å²) in [5.41, 5.74) is 0.416. The second-order valence-corrected chi connectivity index (χ2v) is 7.86. The lowest BCUT2D eigenvalue weighted by Gasteiger charge is -2.33. The fourth-order valence-electron chi connectivity index (χ4n) is 3.25. The number of halogens is 1. The van der Waals surface area contributed by atoms with Crippen LogP contribution in [0.4, 0.5) is 0 Å². The van der Waals surface area contributed by atoms with E-state index in [0.29, 0.717) is 27.6 Å². The van der Waals surface area contributed by atoms with Crippen molar-refractivity contribution in [2.75, 3.05) is 12.3 Å². The highest BCUT2D eigenvalue weighted by molar-refractivity contribution is 7.99. The normalized spacial score (nSPS) is 17.5. The van der Waals surface area contributed by atoms with Crippen molar-refractivity contribution in [3.8, 4) is 0 Å². The van der Waals surface area contributed by atoms with Crippen LogP contribution in [0.5, 0.6) is 0 Å². The van der Waals surface area contributed by atoms with Crippen LogP contribution in [0.25, 0.3) is 10.9 Å². The maximum absolute atomic E-state index is 12.8. The van der Waals surface area contributed by atoms with Crippen LogP contribution in [0.2, 0.25) is 5.02 Å². The van der Waals surface area contributed by atoms with Crippen LogP contribution in [0.1, 0.15) is 26.2 Å². The Morgan fingerprint density at radius 3 is 3.00 bits per heavy atom. The number of allylic oxidation sites excluding steroid dienone is 1. The Labute approximate surface area is 162 Å². The molecule has 1 unspecified atom stereocenters. The van der Waals surface area contributed by atoms with E-state index in [-0.39, 0.29) is 23.3 Å². The van der Waals surface area contributed by atoms with Gasteiger partial charge in [0.15, 0.2) is 5.16 Å². The van der Waals surface area contributed by atoms with Gasteiger partial charge < -0.3 is 4.90 Å². The number of piperidine rings is 1. The van der Waals surface area contributed by atoms with Crippen LogP contribution in [0, 0.1) is 0 Å². The van der Waals surface area contributed by atoms with E-state index in [4.69, 9.17) is 11.6 Å². The molecule has 0 N–H and O–H groups in total.